The zero-order chi connectivity index (χ0) is 19.8. The van der Waals surface area contributed by atoms with Crippen LogP contribution in [0.25, 0.3) is 0 Å². The molecule has 1 aliphatic heterocycles. The standard InChI is InChI=1S/C20H31N3O4.ClH/c1-21(15-20(25)26)17-8-6-11-23(12-10-17)14-19(24)22(2)13-16-7-4-5-9-18(16)27-3;/h4-5,7,9,17H,6,8,10-15H2,1-3H3,(H,25,26);1H. The zero-order valence-corrected chi connectivity index (χ0v) is 17.8. The molecular weight excluding hydrogens is 382 g/mol. The van der Waals surface area contributed by atoms with E-state index in [1.807, 2.05) is 43.3 Å². The summed E-state index contributed by atoms with van der Waals surface area (Å²) in [6, 6.07) is 7.98. The summed E-state index contributed by atoms with van der Waals surface area (Å²) in [4.78, 5) is 29.4. The van der Waals surface area contributed by atoms with Crippen LogP contribution in [0.15, 0.2) is 24.3 Å². The van der Waals surface area contributed by atoms with Gasteiger partial charge in [0.05, 0.1) is 20.2 Å². The minimum Gasteiger partial charge on any atom is -0.496 e. The first-order valence-electron chi connectivity index (χ1n) is 9.41. The topological polar surface area (TPSA) is 73.3 Å². The molecule has 1 N–H and O–H groups in total. The Morgan fingerprint density at radius 3 is 2.61 bits per heavy atom. The Kier molecular flexibility index (Phi) is 10.3. The number of aliphatic carboxylic acids is 1. The van der Waals surface area contributed by atoms with Gasteiger partial charge < -0.3 is 14.7 Å². The van der Waals surface area contributed by atoms with E-state index in [4.69, 9.17) is 9.84 Å². The van der Waals surface area contributed by atoms with Crippen molar-refractivity contribution in [3.05, 3.63) is 29.8 Å². The Balaban J connectivity index is 0.00000392. The number of benzene rings is 1. The number of likely N-dealkylation sites (tertiary alicyclic amines) is 1. The Morgan fingerprint density at radius 2 is 1.93 bits per heavy atom. The number of hydrogen-bond donors (Lipinski definition) is 1. The Morgan fingerprint density at radius 1 is 1.21 bits per heavy atom. The van der Waals surface area contributed by atoms with E-state index in [-0.39, 0.29) is 30.9 Å². The molecule has 1 atom stereocenters. The Labute approximate surface area is 173 Å². The summed E-state index contributed by atoms with van der Waals surface area (Å²) in [5.41, 5.74) is 0.988. The maximum absolute atomic E-state index is 12.6. The van der Waals surface area contributed by atoms with Gasteiger partial charge in [-0.3, -0.25) is 19.4 Å². The van der Waals surface area contributed by atoms with Gasteiger partial charge in [-0.25, -0.2) is 0 Å². The number of ether oxygens (including phenoxy) is 1. The van der Waals surface area contributed by atoms with Crippen molar-refractivity contribution in [1.29, 1.82) is 0 Å². The monoisotopic (exact) mass is 413 g/mol. The van der Waals surface area contributed by atoms with Gasteiger partial charge in [0.1, 0.15) is 5.75 Å². The summed E-state index contributed by atoms with van der Waals surface area (Å²) < 4.78 is 5.36. The van der Waals surface area contributed by atoms with E-state index < -0.39 is 5.97 Å². The molecule has 0 aromatic heterocycles. The Bertz CT molecular complexity index is 644. The lowest BCUT2D eigenvalue weighted by Gasteiger charge is -2.26. The van der Waals surface area contributed by atoms with Gasteiger partial charge in [-0.15, -0.1) is 12.4 Å². The zero-order valence-electron chi connectivity index (χ0n) is 17.0. The number of para-hydroxylation sites is 1. The molecule has 1 amide bonds. The van der Waals surface area contributed by atoms with E-state index in [9.17, 15) is 9.59 Å². The van der Waals surface area contributed by atoms with Crippen LogP contribution < -0.4 is 4.74 Å². The number of likely N-dealkylation sites (N-methyl/N-ethyl adjacent to an activating group) is 2. The highest BCUT2D eigenvalue weighted by molar-refractivity contribution is 5.85. The fraction of sp³-hybridized carbons (Fsp3) is 0.600. The minimum absolute atomic E-state index is 0. The minimum atomic E-state index is -0.799. The molecule has 0 saturated carbocycles. The van der Waals surface area contributed by atoms with Crippen molar-refractivity contribution in [2.24, 2.45) is 0 Å². The van der Waals surface area contributed by atoms with Gasteiger partial charge in [-0.05, 0) is 38.9 Å². The lowest BCUT2D eigenvalue weighted by Crippen LogP contribution is -2.39. The van der Waals surface area contributed by atoms with Gasteiger partial charge in [0.2, 0.25) is 5.91 Å². The molecule has 1 aromatic rings. The maximum Gasteiger partial charge on any atom is 0.317 e. The summed E-state index contributed by atoms with van der Waals surface area (Å²) >= 11 is 0. The normalized spacial score (nSPS) is 17.5. The molecule has 1 heterocycles. The largest absolute Gasteiger partial charge is 0.496 e. The van der Waals surface area contributed by atoms with E-state index in [1.165, 1.54) is 0 Å². The number of carboxylic acid groups (broad SMARTS) is 1. The van der Waals surface area contributed by atoms with E-state index in [0.29, 0.717) is 13.1 Å². The summed E-state index contributed by atoms with van der Waals surface area (Å²) in [7, 11) is 5.31. The van der Waals surface area contributed by atoms with Gasteiger partial charge in [0.15, 0.2) is 0 Å². The quantitative estimate of drug-likeness (QED) is 0.702. The third-order valence-corrected chi connectivity index (χ3v) is 5.18. The van der Waals surface area contributed by atoms with Crippen molar-refractivity contribution in [2.45, 2.75) is 31.8 Å². The van der Waals surface area contributed by atoms with Gasteiger partial charge in [0, 0.05) is 31.7 Å². The molecule has 1 aromatic carbocycles. The number of carboxylic acids is 1. The summed E-state index contributed by atoms with van der Waals surface area (Å²) in [6.45, 7) is 2.64. The van der Waals surface area contributed by atoms with Crippen LogP contribution >= 0.6 is 12.4 Å². The maximum atomic E-state index is 12.6. The molecule has 2 rings (SSSR count). The summed E-state index contributed by atoms with van der Waals surface area (Å²) in [5.74, 6) is 0.0706. The second kappa shape index (κ2) is 11.9. The number of methoxy groups -OCH3 is 1. The molecule has 1 aliphatic rings. The number of halogens is 1. The third-order valence-electron chi connectivity index (χ3n) is 5.18. The van der Waals surface area contributed by atoms with E-state index in [2.05, 4.69) is 4.90 Å². The van der Waals surface area contributed by atoms with Crippen molar-refractivity contribution in [3.63, 3.8) is 0 Å². The van der Waals surface area contributed by atoms with Crippen molar-refractivity contribution in [1.82, 2.24) is 14.7 Å². The van der Waals surface area contributed by atoms with Crippen molar-refractivity contribution < 1.29 is 19.4 Å². The highest BCUT2D eigenvalue weighted by Crippen LogP contribution is 2.19. The highest BCUT2D eigenvalue weighted by atomic mass is 35.5. The van der Waals surface area contributed by atoms with Crippen LogP contribution in [0.1, 0.15) is 24.8 Å². The number of carbonyl (C=O) groups excluding carboxylic acids is 1. The number of nitrogens with zero attached hydrogens (tertiary/aromatic N) is 3. The van der Waals surface area contributed by atoms with E-state index in [0.717, 1.165) is 43.7 Å². The van der Waals surface area contributed by atoms with Crippen LogP contribution in [0.2, 0.25) is 0 Å². The van der Waals surface area contributed by atoms with Crippen LogP contribution in [0.4, 0.5) is 0 Å². The summed E-state index contributed by atoms with van der Waals surface area (Å²) in [6.07, 6.45) is 2.82. The third kappa shape index (κ3) is 7.30. The molecule has 28 heavy (non-hydrogen) atoms. The van der Waals surface area contributed by atoms with E-state index >= 15 is 0 Å². The van der Waals surface area contributed by atoms with Gasteiger partial charge in [0.25, 0.3) is 0 Å². The fourth-order valence-electron chi connectivity index (χ4n) is 3.57. The number of carbonyl (C=O) groups is 2. The first-order valence-corrected chi connectivity index (χ1v) is 9.41. The van der Waals surface area contributed by atoms with Crippen molar-refractivity contribution in [2.75, 3.05) is 47.4 Å². The average Bonchev–Trinajstić information content (AvgIpc) is 2.87. The lowest BCUT2D eigenvalue weighted by molar-refractivity contribution is -0.138. The van der Waals surface area contributed by atoms with Gasteiger partial charge in [-0.2, -0.15) is 0 Å². The molecule has 1 fully saturated rings. The van der Waals surface area contributed by atoms with Crippen LogP contribution in [-0.4, -0.2) is 85.1 Å². The smallest absolute Gasteiger partial charge is 0.317 e. The molecule has 7 nitrogen and oxygen atoms in total. The van der Waals surface area contributed by atoms with E-state index in [1.54, 1.807) is 12.0 Å². The average molecular weight is 414 g/mol. The first kappa shape index (κ1) is 24.2. The SMILES string of the molecule is COc1ccccc1CN(C)C(=O)CN1CCCC(N(C)CC(=O)O)CC1.Cl. The molecule has 0 radical (unpaired) electrons. The number of hydrogen-bond acceptors (Lipinski definition) is 5. The Hall–Kier alpha value is -1.83. The molecule has 0 spiro atoms. The molecule has 1 unspecified atom stereocenters. The molecule has 1 saturated heterocycles. The first-order chi connectivity index (χ1) is 12.9. The van der Waals surface area contributed by atoms with Crippen LogP contribution in [-0.2, 0) is 16.1 Å². The lowest BCUT2D eigenvalue weighted by atomic mass is 10.1. The van der Waals surface area contributed by atoms with Crippen LogP contribution in [0.3, 0.4) is 0 Å². The van der Waals surface area contributed by atoms with Gasteiger partial charge >= 0.3 is 5.97 Å². The molecular formula is C20H32ClN3O4. The summed E-state index contributed by atoms with van der Waals surface area (Å²) in [5, 5.41) is 8.96. The predicted molar refractivity (Wildman–Crippen MR) is 111 cm³/mol. The molecule has 0 aliphatic carbocycles. The molecule has 0 bridgehead atoms. The van der Waals surface area contributed by atoms with Crippen LogP contribution in [0, 0.1) is 0 Å². The van der Waals surface area contributed by atoms with Crippen molar-refractivity contribution in [3.8, 4) is 5.75 Å². The highest BCUT2D eigenvalue weighted by Gasteiger charge is 2.23. The second-order valence-corrected chi connectivity index (χ2v) is 7.23. The second-order valence-electron chi connectivity index (χ2n) is 7.23. The predicted octanol–water partition coefficient (Wildman–Crippen LogP) is 1.95. The molecule has 8 heteroatoms. The molecule has 158 valence electrons. The fourth-order valence-corrected chi connectivity index (χ4v) is 3.57. The van der Waals surface area contributed by atoms with Crippen molar-refractivity contribution >= 4 is 24.3 Å². The van der Waals surface area contributed by atoms with Crippen LogP contribution in [0.5, 0.6) is 5.75 Å². The number of amides is 1. The number of rotatable bonds is 8. The van der Waals surface area contributed by atoms with Gasteiger partial charge in [-0.1, -0.05) is 18.2 Å².